The Hall–Kier alpha value is -1.02. The number of hydrogen-bond donors (Lipinski definition) is 0. The molecule has 1 aromatic rings. The molecule has 0 aliphatic rings. The molecule has 0 unspecified atom stereocenters. The summed E-state index contributed by atoms with van der Waals surface area (Å²) in [5, 5.41) is -0.290. The maximum absolute atomic E-state index is 10.6. The van der Waals surface area contributed by atoms with Crippen molar-refractivity contribution in [3.8, 4) is 5.75 Å². The molecule has 0 N–H and O–H groups in total. The molecule has 82 valence electrons. The van der Waals surface area contributed by atoms with Crippen molar-refractivity contribution in [1.82, 2.24) is 0 Å². The fourth-order valence-electron chi connectivity index (χ4n) is 1.21. The van der Waals surface area contributed by atoms with Crippen LogP contribution in [0, 0.1) is 0 Å². The summed E-state index contributed by atoms with van der Waals surface area (Å²) in [5.74, 6) is 0.873. The second kappa shape index (κ2) is 6.46. The fraction of sp³-hybridized carbons (Fsp3) is 0.417. The van der Waals surface area contributed by atoms with E-state index in [1.807, 2.05) is 24.3 Å². The van der Waals surface area contributed by atoms with Crippen LogP contribution in [0.2, 0.25) is 0 Å². The molecule has 0 aromatic heterocycles. The molecule has 0 radical (unpaired) electrons. The summed E-state index contributed by atoms with van der Waals surface area (Å²) in [6.45, 7) is 2.81. The first kappa shape index (κ1) is 12.1. The minimum Gasteiger partial charge on any atom is -0.494 e. The lowest BCUT2D eigenvalue weighted by molar-refractivity contribution is -0.111. The van der Waals surface area contributed by atoms with Gasteiger partial charge in [0.25, 0.3) is 0 Å². The monoisotopic (exact) mass is 226 g/mol. The topological polar surface area (TPSA) is 26.3 Å². The van der Waals surface area contributed by atoms with Crippen molar-refractivity contribution < 1.29 is 9.53 Å². The molecule has 0 heterocycles. The van der Waals surface area contributed by atoms with Gasteiger partial charge < -0.3 is 4.74 Å². The summed E-state index contributed by atoms with van der Waals surface area (Å²) in [4.78, 5) is 10.6. The second-order valence-electron chi connectivity index (χ2n) is 3.35. The molecule has 0 fully saturated rings. The zero-order chi connectivity index (χ0) is 11.1. The lowest BCUT2D eigenvalue weighted by atomic mass is 10.1. The number of aryl methyl sites for hydroxylation is 1. The van der Waals surface area contributed by atoms with Gasteiger partial charge in [-0.3, -0.25) is 4.79 Å². The van der Waals surface area contributed by atoms with E-state index in [2.05, 4.69) is 6.92 Å². The van der Waals surface area contributed by atoms with E-state index in [0.717, 1.165) is 24.3 Å². The Bertz CT molecular complexity index is 306. The van der Waals surface area contributed by atoms with Gasteiger partial charge in [0.15, 0.2) is 0 Å². The number of ether oxygens (including phenoxy) is 1. The Morgan fingerprint density at radius 1 is 1.33 bits per heavy atom. The second-order valence-corrected chi connectivity index (χ2v) is 3.77. The molecule has 0 atom stereocenters. The number of rotatable bonds is 6. The Morgan fingerprint density at radius 3 is 2.53 bits per heavy atom. The molecule has 0 aliphatic carbocycles. The third kappa shape index (κ3) is 4.84. The van der Waals surface area contributed by atoms with Crippen LogP contribution >= 0.6 is 11.6 Å². The van der Waals surface area contributed by atoms with Crippen LogP contribution in [-0.2, 0) is 11.2 Å². The predicted molar refractivity (Wildman–Crippen MR) is 61.4 cm³/mol. The van der Waals surface area contributed by atoms with Gasteiger partial charge in [0.05, 0.1) is 6.61 Å². The van der Waals surface area contributed by atoms with Gasteiger partial charge in [-0.05, 0) is 42.1 Å². The third-order valence-corrected chi connectivity index (χ3v) is 2.20. The first-order valence-corrected chi connectivity index (χ1v) is 5.50. The van der Waals surface area contributed by atoms with E-state index >= 15 is 0 Å². The minimum absolute atomic E-state index is 0.290. The predicted octanol–water partition coefficient (Wildman–Crippen LogP) is 3.17. The molecule has 3 heteroatoms. The zero-order valence-electron chi connectivity index (χ0n) is 8.83. The van der Waals surface area contributed by atoms with Crippen LogP contribution in [0.5, 0.6) is 5.75 Å². The summed E-state index contributed by atoms with van der Waals surface area (Å²) in [7, 11) is 0. The molecule has 0 saturated heterocycles. The maximum Gasteiger partial charge on any atom is 0.221 e. The minimum atomic E-state index is -0.290. The number of carbonyl (C=O) groups excluding carboxylic acids is 1. The fourth-order valence-corrected chi connectivity index (χ4v) is 1.31. The van der Waals surface area contributed by atoms with E-state index in [1.54, 1.807) is 0 Å². The van der Waals surface area contributed by atoms with Crippen molar-refractivity contribution in [1.29, 1.82) is 0 Å². The molecule has 0 amide bonds. The summed E-state index contributed by atoms with van der Waals surface area (Å²) in [6, 6.07) is 7.77. The number of halogens is 1. The largest absolute Gasteiger partial charge is 0.494 e. The summed E-state index contributed by atoms with van der Waals surface area (Å²) >= 11 is 5.26. The van der Waals surface area contributed by atoms with Gasteiger partial charge in [0.1, 0.15) is 5.75 Å². The van der Waals surface area contributed by atoms with E-state index in [0.29, 0.717) is 12.8 Å². The highest BCUT2D eigenvalue weighted by molar-refractivity contribution is 6.63. The quantitative estimate of drug-likeness (QED) is 0.697. The van der Waals surface area contributed by atoms with E-state index in [4.69, 9.17) is 16.3 Å². The Kier molecular flexibility index (Phi) is 5.19. The lowest BCUT2D eigenvalue weighted by Crippen LogP contribution is -1.95. The third-order valence-electron chi connectivity index (χ3n) is 2.01. The molecular weight excluding hydrogens is 212 g/mol. The Labute approximate surface area is 95.2 Å². The number of carbonyl (C=O) groups is 1. The highest BCUT2D eigenvalue weighted by Gasteiger charge is 1.99. The standard InChI is InChI=1S/C12H15ClO2/c1-2-9-15-11-6-3-10(4-7-11)5-8-12(13)14/h3-4,6-7H,2,5,8-9H2,1H3. The smallest absolute Gasteiger partial charge is 0.221 e. The van der Waals surface area contributed by atoms with Crippen LogP contribution < -0.4 is 4.74 Å². The highest BCUT2D eigenvalue weighted by Crippen LogP contribution is 2.13. The average Bonchev–Trinajstić information content (AvgIpc) is 2.25. The van der Waals surface area contributed by atoms with Crippen molar-refractivity contribution in [3.63, 3.8) is 0 Å². The van der Waals surface area contributed by atoms with Gasteiger partial charge in [-0.2, -0.15) is 0 Å². The van der Waals surface area contributed by atoms with Crippen LogP contribution in [0.3, 0.4) is 0 Å². The number of hydrogen-bond acceptors (Lipinski definition) is 2. The number of benzene rings is 1. The molecule has 1 aromatic carbocycles. The molecular formula is C12H15ClO2. The maximum atomic E-state index is 10.6. The van der Waals surface area contributed by atoms with Crippen molar-refractivity contribution in [3.05, 3.63) is 29.8 Å². The zero-order valence-corrected chi connectivity index (χ0v) is 9.59. The van der Waals surface area contributed by atoms with E-state index in [1.165, 1.54) is 0 Å². The van der Waals surface area contributed by atoms with Crippen LogP contribution in [0.25, 0.3) is 0 Å². The van der Waals surface area contributed by atoms with Crippen LogP contribution in [0.1, 0.15) is 25.3 Å². The summed E-state index contributed by atoms with van der Waals surface area (Å²) in [6.07, 6.45) is 2.08. The van der Waals surface area contributed by atoms with Gasteiger partial charge in [0.2, 0.25) is 5.24 Å². The molecule has 0 spiro atoms. The van der Waals surface area contributed by atoms with Gasteiger partial charge in [-0.25, -0.2) is 0 Å². The van der Waals surface area contributed by atoms with Gasteiger partial charge >= 0.3 is 0 Å². The van der Waals surface area contributed by atoms with Crippen molar-refractivity contribution >= 4 is 16.8 Å². The normalized spacial score (nSPS) is 10.0. The van der Waals surface area contributed by atoms with Gasteiger partial charge in [0, 0.05) is 6.42 Å². The Balaban J connectivity index is 2.45. The Morgan fingerprint density at radius 2 is 2.00 bits per heavy atom. The van der Waals surface area contributed by atoms with E-state index in [9.17, 15) is 4.79 Å². The molecule has 15 heavy (non-hydrogen) atoms. The molecule has 2 nitrogen and oxygen atoms in total. The van der Waals surface area contributed by atoms with Gasteiger partial charge in [-0.15, -0.1) is 0 Å². The lowest BCUT2D eigenvalue weighted by Gasteiger charge is -2.05. The van der Waals surface area contributed by atoms with Crippen molar-refractivity contribution in [2.24, 2.45) is 0 Å². The molecule has 1 rings (SSSR count). The first-order valence-electron chi connectivity index (χ1n) is 5.12. The van der Waals surface area contributed by atoms with Crippen LogP contribution in [0.4, 0.5) is 0 Å². The van der Waals surface area contributed by atoms with Crippen LogP contribution in [-0.4, -0.2) is 11.8 Å². The summed E-state index contributed by atoms with van der Waals surface area (Å²) < 4.78 is 5.44. The molecule has 0 aliphatic heterocycles. The average molecular weight is 227 g/mol. The SMILES string of the molecule is CCCOc1ccc(CCC(=O)Cl)cc1. The molecule has 0 saturated carbocycles. The van der Waals surface area contributed by atoms with Crippen molar-refractivity contribution in [2.45, 2.75) is 26.2 Å². The van der Waals surface area contributed by atoms with E-state index < -0.39 is 0 Å². The first-order chi connectivity index (χ1) is 7.22. The van der Waals surface area contributed by atoms with Crippen molar-refractivity contribution in [2.75, 3.05) is 6.61 Å². The van der Waals surface area contributed by atoms with Gasteiger partial charge in [-0.1, -0.05) is 19.1 Å². The van der Waals surface area contributed by atoms with Crippen LogP contribution in [0.15, 0.2) is 24.3 Å². The molecule has 0 bridgehead atoms. The highest BCUT2D eigenvalue weighted by atomic mass is 35.5. The van der Waals surface area contributed by atoms with E-state index in [-0.39, 0.29) is 5.24 Å². The summed E-state index contributed by atoms with van der Waals surface area (Å²) in [5.41, 5.74) is 1.10.